The minimum Gasteiger partial charge on any atom is -0.356 e. The summed E-state index contributed by atoms with van der Waals surface area (Å²) in [4.78, 5) is 23.1. The van der Waals surface area contributed by atoms with Crippen molar-refractivity contribution < 1.29 is 9.59 Å². The highest BCUT2D eigenvalue weighted by Crippen LogP contribution is 2.27. The van der Waals surface area contributed by atoms with Crippen LogP contribution in [0.25, 0.3) is 0 Å². The highest BCUT2D eigenvalue weighted by molar-refractivity contribution is 7.15. The quantitative estimate of drug-likeness (QED) is 0.790. The molecule has 0 radical (unpaired) electrons. The molecule has 1 aliphatic carbocycles. The Morgan fingerprint density at radius 2 is 2.00 bits per heavy atom. The molecule has 0 aliphatic heterocycles. The Bertz CT molecular complexity index is 456. The van der Waals surface area contributed by atoms with Gasteiger partial charge in [0, 0.05) is 19.4 Å². The highest BCUT2D eigenvalue weighted by Gasteiger charge is 2.21. The molecule has 1 saturated carbocycles. The Labute approximate surface area is 116 Å². The van der Waals surface area contributed by atoms with Gasteiger partial charge in [-0.1, -0.05) is 18.3 Å². The number of nitrogens with one attached hydrogen (secondary N) is 2. The monoisotopic (exact) mass is 282 g/mol. The first-order valence-corrected chi connectivity index (χ1v) is 7.38. The zero-order valence-corrected chi connectivity index (χ0v) is 11.8. The number of rotatable bonds is 7. The summed E-state index contributed by atoms with van der Waals surface area (Å²) in [5.41, 5.74) is 0. The van der Waals surface area contributed by atoms with Crippen LogP contribution >= 0.6 is 11.3 Å². The van der Waals surface area contributed by atoms with Gasteiger partial charge in [0.1, 0.15) is 5.01 Å². The normalized spacial score (nSPS) is 14.2. The van der Waals surface area contributed by atoms with E-state index in [0.29, 0.717) is 11.0 Å². The summed E-state index contributed by atoms with van der Waals surface area (Å²) in [6, 6.07) is 0. The average Bonchev–Trinajstić information content (AvgIpc) is 3.13. The number of carbonyl (C=O) groups is 2. The molecule has 0 bridgehead atoms. The summed E-state index contributed by atoms with van der Waals surface area (Å²) in [5.74, 6) is 0.403. The number of anilines is 1. The highest BCUT2D eigenvalue weighted by atomic mass is 32.1. The largest absolute Gasteiger partial charge is 0.356 e. The van der Waals surface area contributed by atoms with Crippen molar-refractivity contribution in [3.63, 3.8) is 0 Å². The number of aromatic nitrogens is 2. The van der Waals surface area contributed by atoms with Gasteiger partial charge in [-0.25, -0.2) is 0 Å². The van der Waals surface area contributed by atoms with Crippen molar-refractivity contribution in [2.24, 2.45) is 5.92 Å². The molecule has 1 fully saturated rings. The lowest BCUT2D eigenvalue weighted by Gasteiger charge is -2.03. The first-order valence-electron chi connectivity index (χ1n) is 6.56. The van der Waals surface area contributed by atoms with E-state index in [-0.39, 0.29) is 24.7 Å². The van der Waals surface area contributed by atoms with Crippen LogP contribution in [0.3, 0.4) is 0 Å². The number of hydrogen-bond donors (Lipinski definition) is 2. The van der Waals surface area contributed by atoms with E-state index < -0.39 is 0 Å². The third kappa shape index (κ3) is 4.94. The second kappa shape index (κ2) is 6.60. The van der Waals surface area contributed by atoms with Crippen molar-refractivity contribution in [1.82, 2.24) is 15.5 Å². The van der Waals surface area contributed by atoms with Gasteiger partial charge >= 0.3 is 0 Å². The SMILES string of the molecule is CCc1nnc(NC(=O)CCC(=O)NCC2CC2)s1. The minimum absolute atomic E-state index is 0.0615. The lowest BCUT2D eigenvalue weighted by atomic mass is 10.3. The molecule has 0 saturated heterocycles. The Balaban J connectivity index is 1.64. The number of carbonyl (C=O) groups excluding carboxylic acids is 2. The van der Waals surface area contributed by atoms with Gasteiger partial charge in [-0.3, -0.25) is 9.59 Å². The third-order valence-electron chi connectivity index (χ3n) is 2.88. The number of aryl methyl sites for hydroxylation is 1. The van der Waals surface area contributed by atoms with Gasteiger partial charge in [-0.2, -0.15) is 0 Å². The average molecular weight is 282 g/mol. The molecule has 2 N–H and O–H groups in total. The van der Waals surface area contributed by atoms with E-state index in [2.05, 4.69) is 20.8 Å². The Morgan fingerprint density at radius 3 is 2.63 bits per heavy atom. The molecule has 1 aromatic heterocycles. The standard InChI is InChI=1S/C12H18N4O2S/c1-2-11-15-16-12(19-11)14-10(18)6-5-9(17)13-7-8-3-4-8/h8H,2-7H2,1H3,(H,13,17)(H,14,16,18). The Morgan fingerprint density at radius 1 is 1.26 bits per heavy atom. The van der Waals surface area contributed by atoms with Gasteiger partial charge in [0.25, 0.3) is 0 Å². The predicted molar refractivity (Wildman–Crippen MR) is 72.9 cm³/mol. The van der Waals surface area contributed by atoms with Crippen molar-refractivity contribution in [1.29, 1.82) is 0 Å². The first-order chi connectivity index (χ1) is 9.17. The summed E-state index contributed by atoms with van der Waals surface area (Å²) in [7, 11) is 0. The van der Waals surface area contributed by atoms with Crippen LogP contribution in [0.1, 0.15) is 37.6 Å². The van der Waals surface area contributed by atoms with Crippen molar-refractivity contribution >= 4 is 28.3 Å². The van der Waals surface area contributed by atoms with Crippen LogP contribution in [0.2, 0.25) is 0 Å². The Hall–Kier alpha value is -1.50. The van der Waals surface area contributed by atoms with E-state index in [0.717, 1.165) is 18.0 Å². The van der Waals surface area contributed by atoms with E-state index in [1.54, 1.807) is 0 Å². The molecule has 19 heavy (non-hydrogen) atoms. The van der Waals surface area contributed by atoms with E-state index in [1.165, 1.54) is 24.2 Å². The zero-order valence-electron chi connectivity index (χ0n) is 10.9. The molecule has 6 nitrogen and oxygen atoms in total. The molecule has 0 atom stereocenters. The minimum atomic E-state index is -0.194. The van der Waals surface area contributed by atoms with Crippen LogP contribution in [-0.2, 0) is 16.0 Å². The molecule has 0 aromatic carbocycles. The van der Waals surface area contributed by atoms with Crippen LogP contribution < -0.4 is 10.6 Å². The van der Waals surface area contributed by atoms with Gasteiger partial charge in [-0.15, -0.1) is 10.2 Å². The summed E-state index contributed by atoms with van der Waals surface area (Å²) < 4.78 is 0. The molecule has 2 amide bonds. The maximum atomic E-state index is 11.6. The predicted octanol–water partition coefficient (Wildman–Crippen LogP) is 1.35. The van der Waals surface area contributed by atoms with E-state index in [1.807, 2.05) is 6.92 Å². The van der Waals surface area contributed by atoms with Crippen LogP contribution in [0, 0.1) is 5.92 Å². The van der Waals surface area contributed by atoms with Crippen molar-refractivity contribution in [3.8, 4) is 0 Å². The second-order valence-electron chi connectivity index (χ2n) is 4.65. The van der Waals surface area contributed by atoms with Crippen LogP contribution in [-0.4, -0.2) is 28.6 Å². The lowest BCUT2D eigenvalue weighted by molar-refractivity contribution is -0.124. The number of amides is 2. The number of nitrogens with zero attached hydrogens (tertiary/aromatic N) is 2. The first kappa shape index (κ1) is 13.9. The molecule has 0 spiro atoms. The van der Waals surface area contributed by atoms with Crippen molar-refractivity contribution in [2.45, 2.75) is 39.0 Å². The number of hydrogen-bond acceptors (Lipinski definition) is 5. The molecule has 1 heterocycles. The second-order valence-corrected chi connectivity index (χ2v) is 5.71. The van der Waals surface area contributed by atoms with Crippen LogP contribution in [0.4, 0.5) is 5.13 Å². The molecular formula is C12H18N4O2S. The van der Waals surface area contributed by atoms with Gasteiger partial charge < -0.3 is 10.6 Å². The molecular weight excluding hydrogens is 264 g/mol. The lowest BCUT2D eigenvalue weighted by Crippen LogP contribution is -2.26. The fraction of sp³-hybridized carbons (Fsp3) is 0.667. The summed E-state index contributed by atoms with van der Waals surface area (Å²) >= 11 is 1.36. The molecule has 0 unspecified atom stereocenters. The molecule has 104 valence electrons. The van der Waals surface area contributed by atoms with E-state index in [4.69, 9.17) is 0 Å². The summed E-state index contributed by atoms with van der Waals surface area (Å²) in [6.07, 6.45) is 3.61. The maximum Gasteiger partial charge on any atom is 0.226 e. The van der Waals surface area contributed by atoms with Gasteiger partial charge in [0.15, 0.2) is 0 Å². The van der Waals surface area contributed by atoms with Crippen LogP contribution in [0.5, 0.6) is 0 Å². The van der Waals surface area contributed by atoms with Gasteiger partial charge in [0.2, 0.25) is 16.9 Å². The van der Waals surface area contributed by atoms with Gasteiger partial charge in [0.05, 0.1) is 0 Å². The fourth-order valence-corrected chi connectivity index (χ4v) is 2.22. The Kier molecular flexibility index (Phi) is 4.84. The zero-order chi connectivity index (χ0) is 13.7. The van der Waals surface area contributed by atoms with Crippen LogP contribution in [0.15, 0.2) is 0 Å². The molecule has 7 heteroatoms. The van der Waals surface area contributed by atoms with Crippen molar-refractivity contribution in [3.05, 3.63) is 5.01 Å². The van der Waals surface area contributed by atoms with E-state index in [9.17, 15) is 9.59 Å². The fourth-order valence-electron chi connectivity index (χ4n) is 1.52. The maximum absolute atomic E-state index is 11.6. The molecule has 1 aromatic rings. The molecule has 1 aliphatic rings. The van der Waals surface area contributed by atoms with Crippen molar-refractivity contribution in [2.75, 3.05) is 11.9 Å². The topological polar surface area (TPSA) is 84.0 Å². The molecule has 2 rings (SSSR count). The van der Waals surface area contributed by atoms with Gasteiger partial charge in [-0.05, 0) is 25.2 Å². The smallest absolute Gasteiger partial charge is 0.226 e. The van der Waals surface area contributed by atoms with E-state index >= 15 is 0 Å². The third-order valence-corrected chi connectivity index (χ3v) is 3.86. The summed E-state index contributed by atoms with van der Waals surface area (Å²) in [5, 5.41) is 14.6. The summed E-state index contributed by atoms with van der Waals surface area (Å²) in [6.45, 7) is 2.73.